The van der Waals surface area contributed by atoms with Crippen molar-refractivity contribution in [2.45, 2.75) is 38.4 Å². The van der Waals surface area contributed by atoms with Crippen molar-refractivity contribution >= 4 is 51.3 Å². The molecule has 4 rings (SSSR count). The van der Waals surface area contributed by atoms with E-state index < -0.39 is 5.97 Å². The molecule has 0 fully saturated rings. The van der Waals surface area contributed by atoms with E-state index in [1.54, 1.807) is 24.3 Å². The summed E-state index contributed by atoms with van der Waals surface area (Å²) in [6.07, 6.45) is 1.79. The molecular formula is C27H28N4O3S3. The number of carbonyl (C=O) groups excluding carboxylic acids is 2. The zero-order valence-electron chi connectivity index (χ0n) is 20.9. The highest BCUT2D eigenvalue weighted by molar-refractivity contribution is 7.99. The standard InChI is InChI=1S/C27H28N4O3S3/c1-5-12-31-24(19-13-21(17(3)4)35-14-19)29-30-27(31)37-16-22(32)28-25-23(26(33)34-6-2)20(15-36-25)18-10-8-7-9-11-18/h5,7-11,13-15,17H,1,6,12,16H2,2-4H3,(H,28,32). The summed E-state index contributed by atoms with van der Waals surface area (Å²) in [5.74, 6) is 0.589. The number of benzene rings is 1. The number of nitrogens with zero attached hydrogens (tertiary/aromatic N) is 3. The summed E-state index contributed by atoms with van der Waals surface area (Å²) in [7, 11) is 0. The molecule has 0 aliphatic heterocycles. The molecule has 192 valence electrons. The maximum atomic E-state index is 12.9. The Morgan fingerprint density at radius 3 is 2.62 bits per heavy atom. The van der Waals surface area contributed by atoms with E-state index in [2.05, 4.69) is 47.4 Å². The molecule has 37 heavy (non-hydrogen) atoms. The lowest BCUT2D eigenvalue weighted by molar-refractivity contribution is -0.113. The molecule has 3 heterocycles. The van der Waals surface area contributed by atoms with Gasteiger partial charge in [-0.25, -0.2) is 4.79 Å². The average Bonchev–Trinajstić information content (AvgIpc) is 3.62. The molecule has 0 spiro atoms. The molecule has 7 nitrogen and oxygen atoms in total. The number of nitrogens with one attached hydrogen (secondary N) is 1. The van der Waals surface area contributed by atoms with Crippen molar-refractivity contribution < 1.29 is 14.3 Å². The van der Waals surface area contributed by atoms with Gasteiger partial charge in [0.2, 0.25) is 5.91 Å². The first-order valence-electron chi connectivity index (χ1n) is 11.8. The van der Waals surface area contributed by atoms with Gasteiger partial charge in [0.15, 0.2) is 11.0 Å². The fourth-order valence-electron chi connectivity index (χ4n) is 3.65. The van der Waals surface area contributed by atoms with Crippen molar-refractivity contribution in [3.63, 3.8) is 0 Å². The first-order valence-corrected chi connectivity index (χ1v) is 14.6. The maximum absolute atomic E-state index is 12.9. The van der Waals surface area contributed by atoms with Crippen LogP contribution in [-0.2, 0) is 16.1 Å². The van der Waals surface area contributed by atoms with Crippen molar-refractivity contribution in [2.24, 2.45) is 0 Å². The average molecular weight is 553 g/mol. The summed E-state index contributed by atoms with van der Waals surface area (Å²) in [4.78, 5) is 27.0. The number of thiophene rings is 2. The SMILES string of the molecule is C=CCn1c(SCC(=O)Nc2scc(-c3ccccc3)c2C(=O)OCC)nnc1-c1csc(C(C)C)c1. The molecule has 0 aliphatic rings. The first kappa shape index (κ1) is 26.8. The van der Waals surface area contributed by atoms with E-state index >= 15 is 0 Å². The Labute approximate surface area is 228 Å². The number of anilines is 1. The lowest BCUT2D eigenvalue weighted by Gasteiger charge is -2.09. The minimum absolute atomic E-state index is 0.108. The molecule has 0 saturated heterocycles. The van der Waals surface area contributed by atoms with E-state index in [0.717, 1.165) is 22.5 Å². The summed E-state index contributed by atoms with van der Waals surface area (Å²) < 4.78 is 7.24. The zero-order valence-corrected chi connectivity index (χ0v) is 23.3. The summed E-state index contributed by atoms with van der Waals surface area (Å²) in [6, 6.07) is 11.7. The van der Waals surface area contributed by atoms with E-state index in [1.807, 2.05) is 40.3 Å². The molecule has 0 atom stereocenters. The molecule has 1 aromatic carbocycles. The number of allylic oxidation sites excluding steroid dienone is 1. The molecule has 0 saturated carbocycles. The minimum atomic E-state index is -0.461. The minimum Gasteiger partial charge on any atom is -0.462 e. The van der Waals surface area contributed by atoms with Crippen LogP contribution in [0, 0.1) is 0 Å². The largest absolute Gasteiger partial charge is 0.462 e. The second-order valence-corrected chi connectivity index (χ2v) is 11.1. The van der Waals surface area contributed by atoms with Crippen LogP contribution in [0.15, 0.2) is 65.0 Å². The van der Waals surface area contributed by atoms with Crippen molar-refractivity contribution in [1.29, 1.82) is 0 Å². The van der Waals surface area contributed by atoms with Gasteiger partial charge in [-0.1, -0.05) is 62.0 Å². The van der Waals surface area contributed by atoms with E-state index in [4.69, 9.17) is 4.74 Å². The molecule has 1 N–H and O–H groups in total. The van der Waals surface area contributed by atoms with Gasteiger partial charge in [0.05, 0.1) is 12.4 Å². The van der Waals surface area contributed by atoms with Crippen LogP contribution in [0.3, 0.4) is 0 Å². The highest BCUT2D eigenvalue weighted by atomic mass is 32.2. The molecular weight excluding hydrogens is 525 g/mol. The van der Waals surface area contributed by atoms with E-state index in [0.29, 0.717) is 28.2 Å². The zero-order chi connectivity index (χ0) is 26.4. The Kier molecular flexibility index (Phi) is 8.96. The Morgan fingerprint density at radius 1 is 1.16 bits per heavy atom. The summed E-state index contributed by atoms with van der Waals surface area (Å²) >= 11 is 4.30. The highest BCUT2D eigenvalue weighted by Crippen LogP contribution is 2.36. The molecule has 3 aromatic heterocycles. The van der Waals surface area contributed by atoms with Crippen LogP contribution in [0.5, 0.6) is 0 Å². The van der Waals surface area contributed by atoms with Crippen LogP contribution in [0.2, 0.25) is 0 Å². The van der Waals surface area contributed by atoms with Crippen molar-refractivity contribution in [2.75, 3.05) is 17.7 Å². The number of esters is 1. The van der Waals surface area contributed by atoms with Crippen LogP contribution < -0.4 is 5.32 Å². The predicted molar refractivity (Wildman–Crippen MR) is 153 cm³/mol. The number of thioether (sulfide) groups is 1. The van der Waals surface area contributed by atoms with Crippen molar-refractivity contribution in [3.05, 3.63) is 70.3 Å². The fraction of sp³-hybridized carbons (Fsp3) is 0.259. The van der Waals surface area contributed by atoms with Gasteiger partial charge < -0.3 is 10.1 Å². The lowest BCUT2D eigenvalue weighted by Crippen LogP contribution is -2.17. The van der Waals surface area contributed by atoms with Crippen molar-refractivity contribution in [1.82, 2.24) is 14.8 Å². The lowest BCUT2D eigenvalue weighted by atomic mass is 10.0. The number of ether oxygens (including phenoxy) is 1. The van der Waals surface area contributed by atoms with Crippen molar-refractivity contribution in [3.8, 4) is 22.5 Å². The predicted octanol–water partition coefficient (Wildman–Crippen LogP) is 6.95. The number of carbonyl (C=O) groups is 2. The van der Waals surface area contributed by atoms with Gasteiger partial charge in [0, 0.05) is 33.3 Å². The second kappa shape index (κ2) is 12.4. The number of amides is 1. The van der Waals surface area contributed by atoms with Gasteiger partial charge in [-0.3, -0.25) is 9.36 Å². The van der Waals surface area contributed by atoms with E-state index in [1.165, 1.54) is 28.0 Å². The Bertz CT molecular complexity index is 1390. The van der Waals surface area contributed by atoms with Crippen LogP contribution in [-0.4, -0.2) is 39.0 Å². The number of rotatable bonds is 11. The van der Waals surface area contributed by atoms with Crippen LogP contribution >= 0.6 is 34.4 Å². The van der Waals surface area contributed by atoms with Crippen LogP contribution in [0.4, 0.5) is 5.00 Å². The monoisotopic (exact) mass is 552 g/mol. The molecule has 0 unspecified atom stereocenters. The Hall–Kier alpha value is -3.21. The third-order valence-corrected chi connectivity index (χ3v) is 8.51. The molecule has 4 aromatic rings. The highest BCUT2D eigenvalue weighted by Gasteiger charge is 2.23. The maximum Gasteiger partial charge on any atom is 0.341 e. The molecule has 0 aliphatic carbocycles. The van der Waals surface area contributed by atoms with E-state index in [-0.39, 0.29) is 18.3 Å². The Balaban J connectivity index is 1.51. The van der Waals surface area contributed by atoms with Gasteiger partial charge in [-0.05, 0) is 24.5 Å². The van der Waals surface area contributed by atoms with Gasteiger partial charge in [-0.15, -0.1) is 39.4 Å². The fourth-order valence-corrected chi connectivity index (χ4v) is 6.28. The molecule has 0 bridgehead atoms. The summed E-state index contributed by atoms with van der Waals surface area (Å²) in [6.45, 7) is 10.7. The quantitative estimate of drug-likeness (QED) is 0.123. The van der Waals surface area contributed by atoms with Crippen LogP contribution in [0.25, 0.3) is 22.5 Å². The van der Waals surface area contributed by atoms with Gasteiger partial charge in [0.25, 0.3) is 0 Å². The summed E-state index contributed by atoms with van der Waals surface area (Å²) in [5.41, 5.74) is 2.99. The van der Waals surface area contributed by atoms with Gasteiger partial charge >= 0.3 is 5.97 Å². The smallest absolute Gasteiger partial charge is 0.341 e. The van der Waals surface area contributed by atoms with Gasteiger partial charge in [-0.2, -0.15) is 0 Å². The molecule has 0 radical (unpaired) electrons. The number of hydrogen-bond donors (Lipinski definition) is 1. The third kappa shape index (κ3) is 6.20. The normalized spacial score (nSPS) is 11.0. The summed E-state index contributed by atoms with van der Waals surface area (Å²) in [5, 5.41) is 16.7. The molecule has 1 amide bonds. The first-order chi connectivity index (χ1) is 17.9. The second-order valence-electron chi connectivity index (χ2n) is 8.37. The third-order valence-electron chi connectivity index (χ3n) is 5.42. The topological polar surface area (TPSA) is 86.1 Å². The van der Waals surface area contributed by atoms with Gasteiger partial charge in [0.1, 0.15) is 10.6 Å². The number of aromatic nitrogens is 3. The van der Waals surface area contributed by atoms with E-state index in [9.17, 15) is 9.59 Å². The number of hydrogen-bond acceptors (Lipinski definition) is 8. The van der Waals surface area contributed by atoms with Crippen LogP contribution in [0.1, 0.15) is 41.9 Å². The Morgan fingerprint density at radius 2 is 1.95 bits per heavy atom. The molecule has 10 heteroatoms.